The molecular weight excluding hydrogens is 304 g/mol. The Bertz CT molecular complexity index is 754. The molecule has 0 atom stereocenters. The highest BCUT2D eigenvalue weighted by Gasteiger charge is 2.14. The van der Waals surface area contributed by atoms with Crippen LogP contribution in [0.15, 0.2) is 36.5 Å². The van der Waals surface area contributed by atoms with Crippen molar-refractivity contribution in [1.82, 2.24) is 19.8 Å². The van der Waals surface area contributed by atoms with E-state index < -0.39 is 0 Å². The number of likely N-dealkylation sites (N-methyl/N-ethyl adjacent to an activating group) is 2. The number of aromatic nitrogens is 2. The van der Waals surface area contributed by atoms with Gasteiger partial charge in [0.15, 0.2) is 0 Å². The van der Waals surface area contributed by atoms with Crippen LogP contribution in [0.5, 0.6) is 0 Å². The number of carbonyl (C=O) groups is 2. The molecule has 0 aliphatic carbocycles. The van der Waals surface area contributed by atoms with Gasteiger partial charge in [0, 0.05) is 26.2 Å². The Labute approximate surface area is 141 Å². The van der Waals surface area contributed by atoms with E-state index in [1.54, 1.807) is 24.2 Å². The van der Waals surface area contributed by atoms with Crippen LogP contribution >= 0.6 is 0 Å². The lowest BCUT2D eigenvalue weighted by molar-refractivity contribution is -0.136. The average Bonchev–Trinajstić information content (AvgIpc) is 2.60. The van der Waals surface area contributed by atoms with Gasteiger partial charge in [-0.1, -0.05) is 12.1 Å². The summed E-state index contributed by atoms with van der Waals surface area (Å²) < 4.78 is 0. The highest BCUT2D eigenvalue weighted by molar-refractivity contribution is 5.94. The Balaban J connectivity index is 2.01. The predicted octanol–water partition coefficient (Wildman–Crippen LogP) is 1.97. The van der Waals surface area contributed by atoms with E-state index in [4.69, 9.17) is 0 Å². The van der Waals surface area contributed by atoms with Crippen LogP contribution in [-0.2, 0) is 9.59 Å². The maximum Gasteiger partial charge on any atom is 0.246 e. The molecule has 1 aromatic carbocycles. The van der Waals surface area contributed by atoms with Gasteiger partial charge in [0.25, 0.3) is 0 Å². The number of para-hydroxylation sites is 2. The molecule has 0 unspecified atom stereocenters. The molecule has 2 aromatic rings. The number of nitrogens with zero attached hydrogens (tertiary/aromatic N) is 4. The van der Waals surface area contributed by atoms with E-state index in [-0.39, 0.29) is 18.4 Å². The first-order valence-corrected chi connectivity index (χ1v) is 7.97. The van der Waals surface area contributed by atoms with Gasteiger partial charge in [0.05, 0.1) is 29.5 Å². The highest BCUT2D eigenvalue weighted by Crippen LogP contribution is 2.09. The first kappa shape index (κ1) is 17.6. The van der Waals surface area contributed by atoms with E-state index in [0.717, 1.165) is 11.0 Å². The van der Waals surface area contributed by atoms with Crippen LogP contribution in [0.25, 0.3) is 17.1 Å². The number of fused-ring (bicyclic) bond motifs is 1. The second-order valence-corrected chi connectivity index (χ2v) is 5.38. The standard InChI is InChI=1S/C18H22N4O2/c1-4-22(5-2)18(24)13-21(3)17(23)11-10-14-12-19-15-8-6-7-9-16(15)20-14/h6-12H,4-5,13H2,1-3H3/b11-10+. The summed E-state index contributed by atoms with van der Waals surface area (Å²) in [6.45, 7) is 5.18. The monoisotopic (exact) mass is 326 g/mol. The van der Waals surface area contributed by atoms with Crippen molar-refractivity contribution < 1.29 is 9.59 Å². The van der Waals surface area contributed by atoms with Crippen molar-refractivity contribution in [3.63, 3.8) is 0 Å². The molecule has 2 rings (SSSR count). The van der Waals surface area contributed by atoms with Crippen LogP contribution in [0.1, 0.15) is 19.5 Å². The van der Waals surface area contributed by atoms with Crippen molar-refractivity contribution >= 4 is 28.9 Å². The van der Waals surface area contributed by atoms with E-state index in [9.17, 15) is 9.59 Å². The zero-order chi connectivity index (χ0) is 17.5. The Morgan fingerprint density at radius 3 is 2.46 bits per heavy atom. The topological polar surface area (TPSA) is 66.4 Å². The van der Waals surface area contributed by atoms with Gasteiger partial charge in [-0.05, 0) is 32.1 Å². The van der Waals surface area contributed by atoms with Gasteiger partial charge in [0.2, 0.25) is 11.8 Å². The first-order valence-electron chi connectivity index (χ1n) is 7.97. The average molecular weight is 326 g/mol. The smallest absolute Gasteiger partial charge is 0.246 e. The van der Waals surface area contributed by atoms with Crippen molar-refractivity contribution in [2.75, 3.05) is 26.7 Å². The largest absolute Gasteiger partial charge is 0.342 e. The Morgan fingerprint density at radius 1 is 1.12 bits per heavy atom. The number of hydrogen-bond donors (Lipinski definition) is 0. The highest BCUT2D eigenvalue weighted by atomic mass is 16.2. The number of hydrogen-bond acceptors (Lipinski definition) is 4. The third kappa shape index (κ3) is 4.38. The van der Waals surface area contributed by atoms with Crippen molar-refractivity contribution in [3.8, 4) is 0 Å². The fourth-order valence-corrected chi connectivity index (χ4v) is 2.29. The third-order valence-corrected chi connectivity index (χ3v) is 3.73. The van der Waals surface area contributed by atoms with E-state index in [2.05, 4.69) is 9.97 Å². The van der Waals surface area contributed by atoms with Crippen molar-refractivity contribution in [3.05, 3.63) is 42.2 Å². The third-order valence-electron chi connectivity index (χ3n) is 3.73. The van der Waals surface area contributed by atoms with Crippen LogP contribution in [0, 0.1) is 0 Å². The lowest BCUT2D eigenvalue weighted by Gasteiger charge is -2.22. The minimum absolute atomic E-state index is 0.0604. The maximum absolute atomic E-state index is 12.1. The second kappa shape index (κ2) is 8.19. The number of rotatable bonds is 6. The van der Waals surface area contributed by atoms with E-state index in [1.807, 2.05) is 38.1 Å². The molecule has 6 nitrogen and oxygen atoms in total. The SMILES string of the molecule is CCN(CC)C(=O)CN(C)C(=O)/C=C/c1cnc2ccccc2n1. The molecule has 0 saturated heterocycles. The Kier molecular flexibility index (Phi) is 6.01. The number of carbonyl (C=O) groups excluding carboxylic acids is 2. The molecule has 6 heteroatoms. The van der Waals surface area contributed by atoms with Crippen molar-refractivity contribution in [1.29, 1.82) is 0 Å². The number of benzene rings is 1. The molecule has 1 aromatic heterocycles. The van der Waals surface area contributed by atoms with Crippen molar-refractivity contribution in [2.45, 2.75) is 13.8 Å². The van der Waals surface area contributed by atoms with Gasteiger partial charge >= 0.3 is 0 Å². The van der Waals surface area contributed by atoms with Gasteiger partial charge in [-0.25, -0.2) is 4.98 Å². The summed E-state index contributed by atoms with van der Waals surface area (Å²) in [5.41, 5.74) is 2.19. The summed E-state index contributed by atoms with van der Waals surface area (Å²) in [6, 6.07) is 7.55. The minimum Gasteiger partial charge on any atom is -0.342 e. The van der Waals surface area contributed by atoms with Crippen LogP contribution in [0.4, 0.5) is 0 Å². The fourth-order valence-electron chi connectivity index (χ4n) is 2.29. The molecule has 0 spiro atoms. The van der Waals surface area contributed by atoms with Crippen LogP contribution in [-0.4, -0.2) is 58.3 Å². The molecule has 2 amide bonds. The minimum atomic E-state index is -0.245. The zero-order valence-corrected chi connectivity index (χ0v) is 14.3. The Morgan fingerprint density at radius 2 is 1.79 bits per heavy atom. The summed E-state index contributed by atoms with van der Waals surface area (Å²) in [6.07, 6.45) is 4.64. The van der Waals surface area contributed by atoms with E-state index in [0.29, 0.717) is 18.8 Å². The molecule has 0 aliphatic rings. The maximum atomic E-state index is 12.1. The molecule has 1 heterocycles. The summed E-state index contributed by atoms with van der Waals surface area (Å²) in [5, 5.41) is 0. The van der Waals surface area contributed by atoms with E-state index >= 15 is 0 Å². The molecule has 0 bridgehead atoms. The van der Waals surface area contributed by atoms with Gasteiger partial charge in [0.1, 0.15) is 0 Å². The van der Waals surface area contributed by atoms with Crippen LogP contribution < -0.4 is 0 Å². The van der Waals surface area contributed by atoms with Gasteiger partial charge in [-0.2, -0.15) is 0 Å². The molecular formula is C18H22N4O2. The summed E-state index contributed by atoms with van der Waals surface area (Å²) in [5.74, 6) is -0.305. The van der Waals surface area contributed by atoms with Gasteiger partial charge in [-0.3, -0.25) is 14.6 Å². The summed E-state index contributed by atoms with van der Waals surface area (Å²) in [4.78, 5) is 36.0. The van der Waals surface area contributed by atoms with Gasteiger partial charge < -0.3 is 9.80 Å². The lowest BCUT2D eigenvalue weighted by atomic mass is 10.3. The lowest BCUT2D eigenvalue weighted by Crippen LogP contribution is -2.40. The molecule has 0 radical (unpaired) electrons. The predicted molar refractivity (Wildman–Crippen MR) is 94.1 cm³/mol. The molecule has 24 heavy (non-hydrogen) atoms. The van der Waals surface area contributed by atoms with E-state index in [1.165, 1.54) is 11.0 Å². The molecule has 126 valence electrons. The first-order chi connectivity index (χ1) is 11.5. The van der Waals surface area contributed by atoms with Crippen molar-refractivity contribution in [2.24, 2.45) is 0 Å². The summed E-state index contributed by atoms with van der Waals surface area (Å²) in [7, 11) is 1.61. The molecule has 0 N–H and O–H groups in total. The molecule has 0 saturated carbocycles. The van der Waals surface area contributed by atoms with Gasteiger partial charge in [-0.15, -0.1) is 0 Å². The fraction of sp³-hybridized carbons (Fsp3) is 0.333. The van der Waals surface area contributed by atoms with Crippen LogP contribution in [0.2, 0.25) is 0 Å². The number of amides is 2. The molecule has 0 fully saturated rings. The normalized spacial score (nSPS) is 11.0. The van der Waals surface area contributed by atoms with Crippen LogP contribution in [0.3, 0.4) is 0 Å². The zero-order valence-electron chi connectivity index (χ0n) is 14.3. The summed E-state index contributed by atoms with van der Waals surface area (Å²) >= 11 is 0. The Hall–Kier alpha value is -2.76. The quantitative estimate of drug-likeness (QED) is 0.761. The molecule has 0 aliphatic heterocycles. The second-order valence-electron chi connectivity index (χ2n) is 5.38.